The lowest BCUT2D eigenvalue weighted by Crippen LogP contribution is -2.40. The van der Waals surface area contributed by atoms with Crippen LogP contribution in [0.4, 0.5) is 18.9 Å². The fourth-order valence-electron chi connectivity index (χ4n) is 2.88. The number of esters is 1. The van der Waals surface area contributed by atoms with E-state index in [1.807, 2.05) is 5.32 Å². The first-order chi connectivity index (χ1) is 12.8. The summed E-state index contributed by atoms with van der Waals surface area (Å²) in [5.41, 5.74) is -0.552. The zero-order valence-electron chi connectivity index (χ0n) is 14.8. The van der Waals surface area contributed by atoms with Gasteiger partial charge in [0, 0.05) is 6.42 Å². The molecular formula is C18H21F3N2O4. The van der Waals surface area contributed by atoms with Gasteiger partial charge in [0.1, 0.15) is 0 Å². The molecule has 1 fully saturated rings. The molecule has 0 saturated heterocycles. The normalized spacial score (nSPS) is 15.3. The second-order valence-corrected chi connectivity index (χ2v) is 6.48. The van der Waals surface area contributed by atoms with E-state index in [0.717, 1.165) is 31.7 Å². The van der Waals surface area contributed by atoms with Gasteiger partial charge in [-0.15, -0.1) is 0 Å². The van der Waals surface area contributed by atoms with Gasteiger partial charge >= 0.3 is 5.97 Å². The van der Waals surface area contributed by atoms with E-state index in [2.05, 4.69) is 5.32 Å². The summed E-state index contributed by atoms with van der Waals surface area (Å²) < 4.78 is 44.5. The number of nitrogens with one attached hydrogen (secondary N) is 2. The van der Waals surface area contributed by atoms with Crippen LogP contribution < -0.4 is 10.6 Å². The molecule has 0 aromatic heterocycles. The molecule has 1 aliphatic rings. The van der Waals surface area contributed by atoms with Crippen molar-refractivity contribution >= 4 is 23.5 Å². The lowest BCUT2D eigenvalue weighted by molar-refractivity contribution is -0.155. The average molecular weight is 386 g/mol. The first kappa shape index (κ1) is 20.7. The molecule has 0 bridgehead atoms. The van der Waals surface area contributed by atoms with E-state index in [-0.39, 0.29) is 12.3 Å². The summed E-state index contributed by atoms with van der Waals surface area (Å²) in [4.78, 5) is 35.4. The van der Waals surface area contributed by atoms with Gasteiger partial charge in [-0.05, 0) is 37.8 Å². The fourth-order valence-corrected chi connectivity index (χ4v) is 2.88. The van der Waals surface area contributed by atoms with Crippen molar-refractivity contribution in [2.75, 3.05) is 11.9 Å². The number of hydrogen-bond acceptors (Lipinski definition) is 4. The van der Waals surface area contributed by atoms with Crippen LogP contribution in [0.1, 0.15) is 39.0 Å². The quantitative estimate of drug-likeness (QED) is 0.557. The Morgan fingerprint density at radius 1 is 1.15 bits per heavy atom. The fraction of sp³-hybridized carbons (Fsp3) is 0.500. The lowest BCUT2D eigenvalue weighted by Gasteiger charge is -2.15. The van der Waals surface area contributed by atoms with E-state index < -0.39 is 53.6 Å². The predicted molar refractivity (Wildman–Crippen MR) is 90.1 cm³/mol. The number of anilines is 1. The number of carbonyl (C=O) groups is 3. The number of hydrogen-bond donors (Lipinski definition) is 2. The van der Waals surface area contributed by atoms with Gasteiger partial charge in [-0.25, -0.2) is 13.2 Å². The third kappa shape index (κ3) is 5.97. The van der Waals surface area contributed by atoms with Gasteiger partial charge in [0.25, 0.3) is 5.91 Å². The van der Waals surface area contributed by atoms with Crippen LogP contribution in [-0.2, 0) is 19.1 Å². The highest BCUT2D eigenvalue weighted by Gasteiger charge is 2.23. The van der Waals surface area contributed by atoms with Crippen molar-refractivity contribution in [2.24, 2.45) is 5.92 Å². The Hall–Kier alpha value is -2.58. The van der Waals surface area contributed by atoms with Crippen LogP contribution in [0.3, 0.4) is 0 Å². The molecule has 0 heterocycles. The van der Waals surface area contributed by atoms with Gasteiger partial charge in [-0.3, -0.25) is 14.4 Å². The van der Waals surface area contributed by atoms with Crippen LogP contribution in [0.2, 0.25) is 0 Å². The van der Waals surface area contributed by atoms with Crippen LogP contribution in [0.5, 0.6) is 0 Å². The van der Waals surface area contributed by atoms with Crippen LogP contribution in [0.25, 0.3) is 0 Å². The smallest absolute Gasteiger partial charge is 0.306 e. The Bertz CT molecular complexity index is 721. The maximum atomic E-state index is 13.5. The molecule has 0 unspecified atom stereocenters. The average Bonchev–Trinajstić information content (AvgIpc) is 3.12. The summed E-state index contributed by atoms with van der Waals surface area (Å²) in [6, 6.07) is 1.53. The second-order valence-electron chi connectivity index (χ2n) is 6.48. The number of rotatable bonds is 7. The Balaban J connectivity index is 1.76. The van der Waals surface area contributed by atoms with Crippen LogP contribution in [0.15, 0.2) is 12.1 Å². The van der Waals surface area contributed by atoms with E-state index >= 15 is 0 Å². The van der Waals surface area contributed by atoms with Gasteiger partial charge in [-0.2, -0.15) is 0 Å². The Kier molecular flexibility index (Phi) is 7.20. The summed E-state index contributed by atoms with van der Waals surface area (Å²) in [6.45, 7) is 0.816. The molecular weight excluding hydrogens is 365 g/mol. The number of benzene rings is 1. The van der Waals surface area contributed by atoms with Crippen molar-refractivity contribution < 1.29 is 32.3 Å². The molecule has 2 amide bonds. The summed E-state index contributed by atoms with van der Waals surface area (Å²) in [6.07, 6.45) is 3.27. The van der Waals surface area contributed by atoms with Crippen molar-refractivity contribution in [2.45, 2.75) is 45.1 Å². The minimum absolute atomic E-state index is 0.257. The topological polar surface area (TPSA) is 84.5 Å². The molecule has 0 spiro atoms. The first-order valence-electron chi connectivity index (χ1n) is 8.68. The van der Waals surface area contributed by atoms with Crippen molar-refractivity contribution in [3.8, 4) is 0 Å². The minimum Gasteiger partial charge on any atom is -0.453 e. The molecule has 1 aliphatic carbocycles. The van der Waals surface area contributed by atoms with Gasteiger partial charge in [0.15, 0.2) is 23.6 Å². The Morgan fingerprint density at radius 2 is 1.81 bits per heavy atom. The molecule has 6 nitrogen and oxygen atoms in total. The van der Waals surface area contributed by atoms with Crippen molar-refractivity contribution in [1.29, 1.82) is 0 Å². The summed E-state index contributed by atoms with van der Waals surface area (Å²) in [5, 5.41) is 4.25. The summed E-state index contributed by atoms with van der Waals surface area (Å²) in [7, 11) is 0. The summed E-state index contributed by atoms with van der Waals surface area (Å²) in [5.74, 6) is -6.37. The van der Waals surface area contributed by atoms with Crippen molar-refractivity contribution in [1.82, 2.24) is 5.32 Å². The van der Waals surface area contributed by atoms with Gasteiger partial charge in [0.05, 0.1) is 12.2 Å². The standard InChI is InChI=1S/C18H21F3N2O4/c1-10(27-15(25)8-11-4-2-3-5-11)18(26)22-9-14(24)23-13-7-6-12(19)16(20)17(13)21/h6-7,10-11H,2-5,8-9H2,1H3,(H,22,26)(H,23,24)/t10-/m0/s1. The zero-order chi connectivity index (χ0) is 20.0. The zero-order valence-corrected chi connectivity index (χ0v) is 14.8. The number of ether oxygens (including phenoxy) is 1. The van der Waals surface area contributed by atoms with Gasteiger partial charge in [-0.1, -0.05) is 12.8 Å². The molecule has 2 rings (SSSR count). The number of amides is 2. The maximum absolute atomic E-state index is 13.5. The first-order valence-corrected chi connectivity index (χ1v) is 8.68. The van der Waals surface area contributed by atoms with Crippen LogP contribution in [0, 0.1) is 23.4 Å². The van der Waals surface area contributed by atoms with Crippen molar-refractivity contribution in [3.05, 3.63) is 29.6 Å². The third-order valence-electron chi connectivity index (χ3n) is 4.34. The summed E-state index contributed by atoms with van der Waals surface area (Å²) >= 11 is 0. The molecule has 0 radical (unpaired) electrons. The molecule has 1 aromatic carbocycles. The number of carbonyl (C=O) groups excluding carboxylic acids is 3. The molecule has 2 N–H and O–H groups in total. The van der Waals surface area contributed by atoms with Crippen LogP contribution in [-0.4, -0.2) is 30.4 Å². The molecule has 1 aromatic rings. The Morgan fingerprint density at radius 3 is 2.48 bits per heavy atom. The molecule has 9 heteroatoms. The van der Waals surface area contributed by atoms with E-state index in [1.165, 1.54) is 6.92 Å². The largest absolute Gasteiger partial charge is 0.453 e. The van der Waals surface area contributed by atoms with E-state index in [1.54, 1.807) is 0 Å². The van der Waals surface area contributed by atoms with E-state index in [9.17, 15) is 27.6 Å². The highest BCUT2D eigenvalue weighted by atomic mass is 19.2. The molecule has 27 heavy (non-hydrogen) atoms. The monoisotopic (exact) mass is 386 g/mol. The third-order valence-corrected chi connectivity index (χ3v) is 4.34. The molecule has 148 valence electrons. The van der Waals surface area contributed by atoms with E-state index in [4.69, 9.17) is 4.74 Å². The van der Waals surface area contributed by atoms with Gasteiger partial charge in [0.2, 0.25) is 5.91 Å². The van der Waals surface area contributed by atoms with Crippen LogP contribution >= 0.6 is 0 Å². The highest BCUT2D eigenvalue weighted by molar-refractivity contribution is 5.95. The molecule has 0 aliphatic heterocycles. The van der Waals surface area contributed by atoms with Crippen molar-refractivity contribution in [3.63, 3.8) is 0 Å². The molecule has 1 saturated carbocycles. The number of halogens is 3. The van der Waals surface area contributed by atoms with Gasteiger partial charge < -0.3 is 15.4 Å². The molecule has 1 atom stereocenters. The minimum atomic E-state index is -1.71. The second kappa shape index (κ2) is 9.38. The Labute approximate surface area is 154 Å². The lowest BCUT2D eigenvalue weighted by atomic mass is 10.0. The maximum Gasteiger partial charge on any atom is 0.306 e. The highest BCUT2D eigenvalue weighted by Crippen LogP contribution is 2.27. The van der Waals surface area contributed by atoms with E-state index in [0.29, 0.717) is 6.07 Å². The SMILES string of the molecule is C[C@H](OC(=O)CC1CCCC1)C(=O)NCC(=O)Nc1ccc(F)c(F)c1F. The predicted octanol–water partition coefficient (Wildman–Crippen LogP) is 2.67.